The number of fused-ring (bicyclic) bond motifs is 1. The molecular weight excluding hydrogens is 548 g/mol. The second kappa shape index (κ2) is 10.1. The minimum absolute atomic E-state index is 0.000293. The van der Waals surface area contributed by atoms with Gasteiger partial charge in [0, 0.05) is 37.4 Å². The highest BCUT2D eigenvalue weighted by Gasteiger charge is 2.38. The Morgan fingerprint density at radius 1 is 0.917 bits per heavy atom. The standard InChI is InChI=1S/C25H23BrN4O5S/c1-28-23(31)22(24(32)29(2)25(28)33)14-20(27-36(34,35)21-11-9-19(26)10-12-21)8-5-13-30-15-17-6-3-4-7-18(17)16-30/h3-14,27H,15-16H2,1-2H3/b13-5+,20-8-. The van der Waals surface area contributed by atoms with Gasteiger partial charge in [-0.05, 0) is 59.8 Å². The van der Waals surface area contributed by atoms with Gasteiger partial charge in [0.25, 0.3) is 21.8 Å². The molecule has 0 bridgehead atoms. The van der Waals surface area contributed by atoms with Crippen molar-refractivity contribution in [2.75, 3.05) is 14.1 Å². The SMILES string of the molecule is CN1C(=O)C(=C/C(=C/C=C/N2Cc3ccccc3C2)NS(=O)(=O)c2ccc(Br)cc2)C(=O)N(C)C1=O. The molecular formula is C25H23BrN4O5S. The van der Waals surface area contributed by atoms with Crippen LogP contribution in [0.15, 0.2) is 93.6 Å². The molecule has 9 nitrogen and oxygen atoms in total. The van der Waals surface area contributed by atoms with Crippen LogP contribution in [0.5, 0.6) is 0 Å². The van der Waals surface area contributed by atoms with E-state index in [0.29, 0.717) is 17.6 Å². The molecule has 2 aliphatic rings. The minimum Gasteiger partial charge on any atom is -0.369 e. The van der Waals surface area contributed by atoms with Gasteiger partial charge in [-0.25, -0.2) is 13.2 Å². The Bertz CT molecular complexity index is 1380. The molecule has 0 radical (unpaired) electrons. The van der Waals surface area contributed by atoms with Gasteiger partial charge in [0.05, 0.1) is 4.90 Å². The van der Waals surface area contributed by atoms with Crippen LogP contribution < -0.4 is 4.72 Å². The van der Waals surface area contributed by atoms with Crippen molar-refractivity contribution in [1.29, 1.82) is 0 Å². The van der Waals surface area contributed by atoms with Gasteiger partial charge in [-0.15, -0.1) is 0 Å². The number of imide groups is 2. The maximum absolute atomic E-state index is 13.0. The number of halogens is 1. The predicted molar refractivity (Wildman–Crippen MR) is 136 cm³/mol. The Kier molecular flexibility index (Phi) is 7.14. The number of hydrogen-bond acceptors (Lipinski definition) is 6. The zero-order chi connectivity index (χ0) is 26.0. The number of sulfonamides is 1. The fourth-order valence-electron chi connectivity index (χ4n) is 3.80. The highest BCUT2D eigenvalue weighted by Crippen LogP contribution is 2.23. The maximum atomic E-state index is 13.0. The highest BCUT2D eigenvalue weighted by molar-refractivity contribution is 9.10. The summed E-state index contributed by atoms with van der Waals surface area (Å²) in [5.41, 5.74) is 2.06. The van der Waals surface area contributed by atoms with Crippen molar-refractivity contribution in [3.63, 3.8) is 0 Å². The van der Waals surface area contributed by atoms with Crippen molar-refractivity contribution in [3.8, 4) is 0 Å². The average Bonchev–Trinajstić information content (AvgIpc) is 3.27. The lowest BCUT2D eigenvalue weighted by Crippen LogP contribution is -2.53. The lowest BCUT2D eigenvalue weighted by Gasteiger charge is -2.29. The molecule has 4 rings (SSSR count). The monoisotopic (exact) mass is 570 g/mol. The van der Waals surface area contributed by atoms with Gasteiger partial charge >= 0.3 is 6.03 Å². The Balaban J connectivity index is 1.66. The van der Waals surface area contributed by atoms with Crippen LogP contribution in [0.4, 0.5) is 4.79 Å². The molecule has 0 unspecified atom stereocenters. The number of allylic oxidation sites excluding steroid dienone is 3. The summed E-state index contributed by atoms with van der Waals surface area (Å²) in [6, 6.07) is 13.3. The maximum Gasteiger partial charge on any atom is 0.333 e. The third-order valence-electron chi connectivity index (χ3n) is 5.76. The first-order valence-electron chi connectivity index (χ1n) is 10.9. The Morgan fingerprint density at radius 3 is 2.03 bits per heavy atom. The van der Waals surface area contributed by atoms with E-state index < -0.39 is 27.9 Å². The molecule has 1 N–H and O–H groups in total. The number of hydrogen-bond donors (Lipinski definition) is 1. The number of barbiturate groups is 1. The first-order valence-corrected chi connectivity index (χ1v) is 13.1. The summed E-state index contributed by atoms with van der Waals surface area (Å²) in [6.07, 6.45) is 6.05. The molecule has 2 aromatic carbocycles. The Labute approximate surface area is 217 Å². The van der Waals surface area contributed by atoms with Crippen molar-refractivity contribution in [1.82, 2.24) is 19.4 Å². The molecule has 0 atom stereocenters. The van der Waals surface area contributed by atoms with Crippen LogP contribution in [0.25, 0.3) is 0 Å². The number of likely N-dealkylation sites (N-methyl/N-ethyl adjacent to an activating group) is 2. The molecule has 4 amide bonds. The van der Waals surface area contributed by atoms with Crippen LogP contribution >= 0.6 is 15.9 Å². The van der Waals surface area contributed by atoms with E-state index in [1.807, 2.05) is 17.0 Å². The summed E-state index contributed by atoms with van der Waals surface area (Å²) >= 11 is 3.27. The molecule has 0 saturated carbocycles. The molecule has 36 heavy (non-hydrogen) atoms. The summed E-state index contributed by atoms with van der Waals surface area (Å²) in [5, 5.41) is 0. The number of amides is 4. The van der Waals surface area contributed by atoms with Crippen molar-refractivity contribution < 1.29 is 22.8 Å². The topological polar surface area (TPSA) is 107 Å². The first kappa shape index (κ1) is 25.4. The molecule has 2 aromatic rings. The highest BCUT2D eigenvalue weighted by atomic mass is 79.9. The van der Waals surface area contributed by atoms with Gasteiger partial charge in [0.1, 0.15) is 5.57 Å². The molecule has 186 valence electrons. The molecule has 0 aromatic heterocycles. The summed E-state index contributed by atoms with van der Waals surface area (Å²) in [7, 11) is -1.54. The zero-order valence-electron chi connectivity index (χ0n) is 19.5. The summed E-state index contributed by atoms with van der Waals surface area (Å²) in [5.74, 6) is -1.65. The van der Waals surface area contributed by atoms with E-state index in [0.717, 1.165) is 15.9 Å². The number of nitrogens with zero attached hydrogens (tertiary/aromatic N) is 3. The first-order chi connectivity index (χ1) is 17.1. The summed E-state index contributed by atoms with van der Waals surface area (Å²) in [6.45, 7) is 1.41. The number of benzene rings is 2. The average molecular weight is 571 g/mol. The van der Waals surface area contributed by atoms with Crippen LogP contribution in [0.2, 0.25) is 0 Å². The van der Waals surface area contributed by atoms with Crippen LogP contribution in [0, 0.1) is 0 Å². The minimum atomic E-state index is -4.04. The van der Waals surface area contributed by atoms with E-state index in [2.05, 4.69) is 32.8 Å². The van der Waals surface area contributed by atoms with Crippen molar-refractivity contribution in [3.05, 3.63) is 99.8 Å². The zero-order valence-corrected chi connectivity index (χ0v) is 21.9. The third-order valence-corrected chi connectivity index (χ3v) is 7.68. The van der Waals surface area contributed by atoms with Gasteiger partial charge < -0.3 is 4.90 Å². The molecule has 1 saturated heterocycles. The largest absolute Gasteiger partial charge is 0.369 e. The number of carbonyl (C=O) groups excluding carboxylic acids is 3. The predicted octanol–water partition coefficient (Wildman–Crippen LogP) is 3.12. The van der Waals surface area contributed by atoms with Crippen LogP contribution in [0.3, 0.4) is 0 Å². The van der Waals surface area contributed by atoms with Crippen LogP contribution in [0.1, 0.15) is 11.1 Å². The smallest absolute Gasteiger partial charge is 0.333 e. The van der Waals surface area contributed by atoms with Crippen molar-refractivity contribution >= 4 is 43.8 Å². The fourth-order valence-corrected chi connectivity index (χ4v) is 5.12. The van der Waals surface area contributed by atoms with Gasteiger partial charge in [0.15, 0.2) is 0 Å². The van der Waals surface area contributed by atoms with Gasteiger partial charge in [0.2, 0.25) is 0 Å². The summed E-state index contributed by atoms with van der Waals surface area (Å²) in [4.78, 5) is 41.0. The van der Waals surface area contributed by atoms with E-state index in [1.54, 1.807) is 24.4 Å². The number of nitrogens with one attached hydrogen (secondary N) is 1. The van der Waals surface area contributed by atoms with E-state index in [9.17, 15) is 22.8 Å². The van der Waals surface area contributed by atoms with Crippen molar-refractivity contribution in [2.45, 2.75) is 18.0 Å². The van der Waals surface area contributed by atoms with Crippen LogP contribution in [-0.4, -0.2) is 55.1 Å². The molecule has 1 fully saturated rings. The third kappa shape index (κ3) is 5.26. The number of rotatable bonds is 6. The summed E-state index contributed by atoms with van der Waals surface area (Å²) < 4.78 is 29.2. The lowest BCUT2D eigenvalue weighted by molar-refractivity contribution is -0.134. The second-order valence-corrected chi connectivity index (χ2v) is 10.9. The quantitative estimate of drug-likeness (QED) is 0.325. The normalized spacial score (nSPS) is 16.8. The lowest BCUT2D eigenvalue weighted by atomic mass is 10.1. The molecule has 0 aliphatic carbocycles. The van der Waals surface area contributed by atoms with Crippen molar-refractivity contribution in [2.24, 2.45) is 0 Å². The molecule has 2 heterocycles. The van der Waals surface area contributed by atoms with Gasteiger partial charge in [-0.2, -0.15) is 0 Å². The fraction of sp³-hybridized carbons (Fsp3) is 0.160. The van der Waals surface area contributed by atoms with Crippen LogP contribution in [-0.2, 0) is 32.7 Å². The Hall–Kier alpha value is -3.70. The second-order valence-electron chi connectivity index (χ2n) is 8.27. The molecule has 11 heteroatoms. The van der Waals surface area contributed by atoms with E-state index in [4.69, 9.17) is 0 Å². The van der Waals surface area contributed by atoms with Gasteiger partial charge in [-0.1, -0.05) is 40.2 Å². The number of carbonyl (C=O) groups is 3. The molecule has 0 spiro atoms. The van der Waals surface area contributed by atoms with Gasteiger partial charge in [-0.3, -0.25) is 24.1 Å². The van der Waals surface area contributed by atoms with E-state index >= 15 is 0 Å². The molecule has 2 aliphatic heterocycles. The van der Waals surface area contributed by atoms with E-state index in [-0.39, 0.29) is 16.2 Å². The Morgan fingerprint density at radius 2 is 1.47 bits per heavy atom. The van der Waals surface area contributed by atoms with E-state index in [1.165, 1.54) is 43.4 Å². The number of urea groups is 1.